The Hall–Kier alpha value is -3.05. The van der Waals surface area contributed by atoms with Gasteiger partial charge >= 0.3 is 0 Å². The van der Waals surface area contributed by atoms with Gasteiger partial charge in [0.15, 0.2) is 0 Å². The van der Waals surface area contributed by atoms with Gasteiger partial charge in [-0.2, -0.15) is 0 Å². The fraction of sp³-hybridized carbons (Fsp3) is 0.259. The third-order valence-electron chi connectivity index (χ3n) is 6.09. The van der Waals surface area contributed by atoms with Crippen LogP contribution in [0.15, 0.2) is 72.8 Å². The van der Waals surface area contributed by atoms with E-state index in [0.29, 0.717) is 5.75 Å². The Morgan fingerprint density at radius 3 is 2.44 bits per heavy atom. The van der Waals surface area contributed by atoms with Gasteiger partial charge in [-0.15, -0.1) is 11.8 Å². The molecule has 4 rings (SSSR count). The second-order valence-corrected chi connectivity index (χ2v) is 9.20. The van der Waals surface area contributed by atoms with Gasteiger partial charge < -0.3 is 5.32 Å². The number of aryl methyl sites for hydroxylation is 1. The van der Waals surface area contributed by atoms with Crippen LogP contribution < -0.4 is 10.2 Å². The van der Waals surface area contributed by atoms with Crippen molar-refractivity contribution in [3.8, 4) is 0 Å². The quantitative estimate of drug-likeness (QED) is 0.491. The second kappa shape index (κ2) is 9.61. The van der Waals surface area contributed by atoms with Crippen LogP contribution in [0.5, 0.6) is 0 Å². The van der Waals surface area contributed by atoms with E-state index < -0.39 is 0 Å². The van der Waals surface area contributed by atoms with Gasteiger partial charge in [-0.05, 0) is 60.7 Å². The van der Waals surface area contributed by atoms with Crippen molar-refractivity contribution in [3.63, 3.8) is 0 Å². The maximum absolute atomic E-state index is 12.9. The van der Waals surface area contributed by atoms with Crippen molar-refractivity contribution in [1.82, 2.24) is 0 Å². The molecule has 0 radical (unpaired) electrons. The second-order valence-electron chi connectivity index (χ2n) is 8.13. The summed E-state index contributed by atoms with van der Waals surface area (Å²) in [6.07, 6.45) is 0.736. The van der Waals surface area contributed by atoms with Crippen LogP contribution in [-0.4, -0.2) is 17.6 Å². The lowest BCUT2D eigenvalue weighted by Gasteiger charge is -2.26. The Balaban J connectivity index is 1.52. The van der Waals surface area contributed by atoms with Crippen molar-refractivity contribution in [2.24, 2.45) is 0 Å². The zero-order chi connectivity index (χ0) is 22.7. The molecule has 0 spiro atoms. The van der Waals surface area contributed by atoms with Crippen LogP contribution in [0.1, 0.15) is 46.9 Å². The first-order chi connectivity index (χ1) is 15.5. The van der Waals surface area contributed by atoms with Gasteiger partial charge in [0.25, 0.3) is 0 Å². The average molecular weight is 445 g/mol. The van der Waals surface area contributed by atoms with Gasteiger partial charge in [-0.1, -0.05) is 61.5 Å². The van der Waals surface area contributed by atoms with E-state index in [2.05, 4.69) is 25.2 Å². The molecule has 3 aromatic carbocycles. The largest absolute Gasteiger partial charge is 0.326 e. The standard InChI is InChI=1S/C27H28N2O2S/c1-4-23(20-10-6-5-7-11-20)26(31)28-22-15-13-21(14-16-22)27-29(25(30)17-32-27)24-12-8-9-18(2)19(24)3/h5-16,23,27H,4,17H2,1-3H3,(H,28,31). The molecule has 1 N–H and O–H groups in total. The Morgan fingerprint density at radius 1 is 1.03 bits per heavy atom. The van der Waals surface area contributed by atoms with Gasteiger partial charge in [0.1, 0.15) is 5.37 Å². The number of carbonyl (C=O) groups excluding carboxylic acids is 2. The Kier molecular flexibility index (Phi) is 6.66. The van der Waals surface area contributed by atoms with Crippen molar-refractivity contribution in [3.05, 3.63) is 95.1 Å². The van der Waals surface area contributed by atoms with Crippen molar-refractivity contribution >= 4 is 35.0 Å². The first kappa shape index (κ1) is 22.2. The summed E-state index contributed by atoms with van der Waals surface area (Å²) < 4.78 is 0. The van der Waals surface area contributed by atoms with Crippen molar-refractivity contribution < 1.29 is 9.59 Å². The number of hydrogen-bond donors (Lipinski definition) is 1. The molecule has 4 nitrogen and oxygen atoms in total. The summed E-state index contributed by atoms with van der Waals surface area (Å²) in [5, 5.41) is 2.98. The summed E-state index contributed by atoms with van der Waals surface area (Å²) in [7, 11) is 0. The van der Waals surface area contributed by atoms with Crippen molar-refractivity contribution in [2.75, 3.05) is 16.0 Å². The molecule has 5 heteroatoms. The topological polar surface area (TPSA) is 49.4 Å². The van der Waals surface area contributed by atoms with Crippen LogP contribution >= 0.6 is 11.8 Å². The number of nitrogens with zero attached hydrogens (tertiary/aromatic N) is 1. The predicted molar refractivity (Wildman–Crippen MR) is 133 cm³/mol. The van der Waals surface area contributed by atoms with Gasteiger partial charge in [-0.3, -0.25) is 14.5 Å². The summed E-state index contributed by atoms with van der Waals surface area (Å²) in [6, 6.07) is 23.8. The molecule has 2 amide bonds. The fourth-order valence-corrected chi connectivity index (χ4v) is 5.32. The third-order valence-corrected chi connectivity index (χ3v) is 7.31. The fourth-order valence-electron chi connectivity index (χ4n) is 4.15. The molecule has 164 valence electrons. The lowest BCUT2D eigenvalue weighted by Crippen LogP contribution is -2.28. The summed E-state index contributed by atoms with van der Waals surface area (Å²) in [5.41, 5.74) is 6.11. The van der Waals surface area contributed by atoms with E-state index in [1.807, 2.05) is 78.6 Å². The smallest absolute Gasteiger partial charge is 0.238 e. The molecular weight excluding hydrogens is 416 g/mol. The Labute approximate surface area is 194 Å². The summed E-state index contributed by atoms with van der Waals surface area (Å²) >= 11 is 1.64. The highest BCUT2D eigenvalue weighted by Crippen LogP contribution is 2.43. The average Bonchev–Trinajstić information content (AvgIpc) is 3.18. The van der Waals surface area contributed by atoms with E-state index in [9.17, 15) is 9.59 Å². The van der Waals surface area contributed by atoms with Gasteiger partial charge in [-0.25, -0.2) is 0 Å². The molecule has 0 bridgehead atoms. The van der Waals surface area contributed by atoms with Crippen LogP contribution in [0.4, 0.5) is 11.4 Å². The Bertz CT molecular complexity index is 1110. The molecule has 1 aliphatic rings. The summed E-state index contributed by atoms with van der Waals surface area (Å²) in [6.45, 7) is 6.15. The van der Waals surface area contributed by atoms with E-state index in [1.54, 1.807) is 11.8 Å². The van der Waals surface area contributed by atoms with Gasteiger partial charge in [0, 0.05) is 11.4 Å². The minimum atomic E-state index is -0.182. The highest BCUT2D eigenvalue weighted by atomic mass is 32.2. The zero-order valence-corrected chi connectivity index (χ0v) is 19.5. The zero-order valence-electron chi connectivity index (χ0n) is 18.7. The number of amides is 2. The van der Waals surface area contributed by atoms with E-state index >= 15 is 0 Å². The molecule has 3 aromatic rings. The SMILES string of the molecule is CCC(C(=O)Nc1ccc(C2SCC(=O)N2c2cccc(C)c2C)cc1)c1ccccc1. The number of benzene rings is 3. The number of rotatable bonds is 6. The molecule has 0 aromatic heterocycles. The predicted octanol–water partition coefficient (Wildman–Crippen LogP) is 6.21. The number of nitrogens with one attached hydrogen (secondary N) is 1. The number of anilines is 2. The normalized spacial score (nSPS) is 16.8. The van der Waals surface area contributed by atoms with Crippen molar-refractivity contribution in [1.29, 1.82) is 0 Å². The molecule has 1 saturated heterocycles. The lowest BCUT2D eigenvalue weighted by atomic mass is 9.95. The molecule has 2 unspecified atom stereocenters. The molecule has 0 saturated carbocycles. The maximum Gasteiger partial charge on any atom is 0.238 e. The van der Waals surface area contributed by atoms with Gasteiger partial charge in [0.2, 0.25) is 11.8 Å². The minimum Gasteiger partial charge on any atom is -0.326 e. The van der Waals surface area contributed by atoms with Crippen LogP contribution in [0.2, 0.25) is 0 Å². The molecule has 2 atom stereocenters. The molecule has 1 fully saturated rings. The molecule has 1 aliphatic heterocycles. The van der Waals surface area contributed by atoms with Crippen LogP contribution in [-0.2, 0) is 9.59 Å². The van der Waals surface area contributed by atoms with E-state index in [4.69, 9.17) is 0 Å². The molecular formula is C27H28N2O2S. The lowest BCUT2D eigenvalue weighted by molar-refractivity contribution is -0.118. The van der Waals surface area contributed by atoms with E-state index in [0.717, 1.165) is 34.5 Å². The molecule has 1 heterocycles. The third kappa shape index (κ3) is 4.44. The monoisotopic (exact) mass is 444 g/mol. The van der Waals surface area contributed by atoms with Gasteiger partial charge in [0.05, 0.1) is 11.7 Å². The number of thioether (sulfide) groups is 1. The van der Waals surface area contributed by atoms with E-state index in [1.165, 1.54) is 5.56 Å². The highest BCUT2D eigenvalue weighted by Gasteiger charge is 2.35. The number of carbonyl (C=O) groups is 2. The first-order valence-electron chi connectivity index (χ1n) is 10.9. The van der Waals surface area contributed by atoms with Crippen LogP contribution in [0.3, 0.4) is 0 Å². The number of hydrogen-bond acceptors (Lipinski definition) is 3. The highest BCUT2D eigenvalue weighted by molar-refractivity contribution is 8.00. The molecule has 0 aliphatic carbocycles. The Morgan fingerprint density at radius 2 is 1.75 bits per heavy atom. The first-order valence-corrected chi connectivity index (χ1v) is 12.0. The summed E-state index contributed by atoms with van der Waals surface area (Å²) in [4.78, 5) is 27.5. The van der Waals surface area contributed by atoms with Crippen LogP contribution in [0, 0.1) is 13.8 Å². The maximum atomic E-state index is 12.9. The van der Waals surface area contributed by atoms with Crippen LogP contribution in [0.25, 0.3) is 0 Å². The minimum absolute atomic E-state index is 0.00567. The van der Waals surface area contributed by atoms with E-state index in [-0.39, 0.29) is 23.1 Å². The summed E-state index contributed by atoms with van der Waals surface area (Å²) in [5.74, 6) is 0.401. The van der Waals surface area contributed by atoms with Crippen molar-refractivity contribution in [2.45, 2.75) is 38.5 Å². The molecule has 32 heavy (non-hydrogen) atoms.